The first-order valence-electron chi connectivity index (χ1n) is 6.93. The van der Waals surface area contributed by atoms with E-state index in [0.29, 0.717) is 31.4 Å². The summed E-state index contributed by atoms with van der Waals surface area (Å²) in [6.45, 7) is 1.85. The number of ether oxygens (including phenoxy) is 1. The van der Waals surface area contributed by atoms with Gasteiger partial charge in [-0.3, -0.25) is 0 Å². The number of nitrogens with zero attached hydrogens (tertiary/aromatic N) is 2. The predicted molar refractivity (Wildman–Crippen MR) is 72.3 cm³/mol. The van der Waals surface area contributed by atoms with E-state index >= 15 is 0 Å². The molecular formula is C14H18N2O4. The van der Waals surface area contributed by atoms with Gasteiger partial charge in [0.15, 0.2) is 5.69 Å². The van der Waals surface area contributed by atoms with Gasteiger partial charge in [-0.25, -0.2) is 9.78 Å². The molecule has 20 heavy (non-hydrogen) atoms. The number of carbonyl (C=O) groups is 1. The van der Waals surface area contributed by atoms with Gasteiger partial charge in [0.05, 0.1) is 12.7 Å². The van der Waals surface area contributed by atoms with Crippen LogP contribution in [0.4, 0.5) is 5.69 Å². The molecule has 1 aromatic rings. The summed E-state index contributed by atoms with van der Waals surface area (Å²) in [6, 6.07) is 3.20. The van der Waals surface area contributed by atoms with E-state index in [9.17, 15) is 9.90 Å². The molecule has 1 aromatic heterocycles. The predicted octanol–water partition coefficient (Wildman–Crippen LogP) is 1.14. The fourth-order valence-electron chi connectivity index (χ4n) is 2.34. The lowest BCUT2D eigenvalue weighted by Gasteiger charge is -2.20. The van der Waals surface area contributed by atoms with Gasteiger partial charge in [-0.2, -0.15) is 0 Å². The number of aliphatic hydroxyl groups is 1. The third-order valence-corrected chi connectivity index (χ3v) is 3.72. The van der Waals surface area contributed by atoms with Crippen LogP contribution >= 0.6 is 0 Å². The number of rotatable bonds is 5. The minimum Gasteiger partial charge on any atom is -0.477 e. The monoisotopic (exact) mass is 278 g/mol. The highest BCUT2D eigenvalue weighted by Crippen LogP contribution is 2.33. The zero-order valence-corrected chi connectivity index (χ0v) is 11.2. The van der Waals surface area contributed by atoms with Crippen molar-refractivity contribution < 1.29 is 19.7 Å². The van der Waals surface area contributed by atoms with Crippen molar-refractivity contribution in [2.75, 3.05) is 24.6 Å². The minimum atomic E-state index is -1.06. The Morgan fingerprint density at radius 2 is 2.20 bits per heavy atom. The van der Waals surface area contributed by atoms with Crippen LogP contribution in [0.15, 0.2) is 12.1 Å². The second-order valence-electron chi connectivity index (χ2n) is 5.47. The van der Waals surface area contributed by atoms with Crippen LogP contribution in [0.5, 0.6) is 5.88 Å². The molecular weight excluding hydrogens is 260 g/mol. The maximum absolute atomic E-state index is 11.0. The van der Waals surface area contributed by atoms with E-state index in [1.165, 1.54) is 6.07 Å². The van der Waals surface area contributed by atoms with Gasteiger partial charge in [0.2, 0.25) is 5.88 Å². The Morgan fingerprint density at radius 3 is 2.80 bits per heavy atom. The number of carboxylic acid groups (broad SMARTS) is 1. The van der Waals surface area contributed by atoms with Crippen LogP contribution in [0, 0.1) is 5.92 Å². The van der Waals surface area contributed by atoms with Crippen molar-refractivity contribution in [3.63, 3.8) is 0 Å². The van der Waals surface area contributed by atoms with Crippen molar-refractivity contribution in [3.8, 4) is 5.88 Å². The number of β-amino-alcohol motifs (C(OH)–C–C–N with tert-alkyl or cyclic N) is 1. The van der Waals surface area contributed by atoms with Gasteiger partial charge in [-0.15, -0.1) is 0 Å². The van der Waals surface area contributed by atoms with Gasteiger partial charge < -0.3 is 19.8 Å². The molecule has 0 bridgehead atoms. The number of aliphatic hydroxyl groups excluding tert-OH is 1. The Labute approximate surface area is 117 Å². The van der Waals surface area contributed by atoms with Gasteiger partial charge in [0.1, 0.15) is 5.69 Å². The maximum atomic E-state index is 11.0. The average molecular weight is 278 g/mol. The summed E-state index contributed by atoms with van der Waals surface area (Å²) >= 11 is 0. The first-order chi connectivity index (χ1) is 9.63. The molecule has 2 N–H and O–H groups in total. The lowest BCUT2D eigenvalue weighted by atomic mass is 10.3. The lowest BCUT2D eigenvalue weighted by molar-refractivity contribution is 0.0689. The molecule has 6 heteroatoms. The zero-order chi connectivity index (χ0) is 14.1. The number of hydrogen-bond donors (Lipinski definition) is 2. The molecule has 6 nitrogen and oxygen atoms in total. The Balaban J connectivity index is 1.83. The fraction of sp³-hybridized carbons (Fsp3) is 0.571. The Bertz CT molecular complexity index is 516. The molecule has 0 aromatic carbocycles. The second-order valence-corrected chi connectivity index (χ2v) is 5.47. The fourth-order valence-corrected chi connectivity index (χ4v) is 2.34. The van der Waals surface area contributed by atoms with Gasteiger partial charge in [0, 0.05) is 13.1 Å². The number of aromatic carboxylic acids is 1. The number of carboxylic acids is 1. The van der Waals surface area contributed by atoms with Gasteiger partial charge >= 0.3 is 5.97 Å². The summed E-state index contributed by atoms with van der Waals surface area (Å²) in [5.41, 5.74) is 0.756. The second kappa shape index (κ2) is 5.28. The topological polar surface area (TPSA) is 82.9 Å². The summed E-state index contributed by atoms with van der Waals surface area (Å²) in [5.74, 6) is -0.123. The van der Waals surface area contributed by atoms with Crippen molar-refractivity contribution >= 4 is 11.7 Å². The van der Waals surface area contributed by atoms with Crippen molar-refractivity contribution in [1.82, 2.24) is 4.98 Å². The molecule has 1 saturated heterocycles. The van der Waals surface area contributed by atoms with E-state index in [4.69, 9.17) is 9.84 Å². The van der Waals surface area contributed by atoms with Crippen LogP contribution < -0.4 is 9.64 Å². The maximum Gasteiger partial charge on any atom is 0.354 e. The zero-order valence-electron chi connectivity index (χ0n) is 11.2. The van der Waals surface area contributed by atoms with Crippen molar-refractivity contribution in [2.24, 2.45) is 5.92 Å². The molecule has 0 spiro atoms. The highest BCUT2D eigenvalue weighted by Gasteiger charge is 2.27. The normalized spacial score (nSPS) is 22.1. The SMILES string of the molecule is O=C(O)c1ccc(N2CC[C@H](O)C2)c(OCC2CC2)n1. The van der Waals surface area contributed by atoms with E-state index in [1.807, 2.05) is 4.90 Å². The molecule has 2 fully saturated rings. The number of aromatic nitrogens is 1. The molecule has 1 aliphatic heterocycles. The highest BCUT2D eigenvalue weighted by atomic mass is 16.5. The first kappa shape index (κ1) is 13.2. The van der Waals surface area contributed by atoms with Crippen LogP contribution in [-0.2, 0) is 0 Å². The standard InChI is InChI=1S/C14H18N2O4/c17-10-5-6-16(7-10)12-4-3-11(14(18)19)15-13(12)20-8-9-1-2-9/h3-4,9-10,17H,1-2,5-8H2,(H,18,19)/t10-/m0/s1. The molecule has 2 heterocycles. The molecule has 1 atom stereocenters. The molecule has 0 amide bonds. The molecule has 1 aliphatic carbocycles. The average Bonchev–Trinajstić information content (AvgIpc) is 3.17. The Kier molecular flexibility index (Phi) is 3.48. The Morgan fingerprint density at radius 1 is 1.40 bits per heavy atom. The van der Waals surface area contributed by atoms with E-state index in [-0.39, 0.29) is 11.8 Å². The largest absolute Gasteiger partial charge is 0.477 e. The number of hydrogen-bond acceptors (Lipinski definition) is 5. The van der Waals surface area contributed by atoms with Crippen LogP contribution in [0.2, 0.25) is 0 Å². The molecule has 0 unspecified atom stereocenters. The van der Waals surface area contributed by atoms with Crippen LogP contribution in [-0.4, -0.2) is 47.0 Å². The Hall–Kier alpha value is -1.82. The molecule has 2 aliphatic rings. The van der Waals surface area contributed by atoms with E-state index < -0.39 is 5.97 Å². The van der Waals surface area contributed by atoms with Crippen LogP contribution in [0.25, 0.3) is 0 Å². The van der Waals surface area contributed by atoms with E-state index in [2.05, 4.69) is 4.98 Å². The van der Waals surface area contributed by atoms with Crippen molar-refractivity contribution in [1.29, 1.82) is 0 Å². The minimum absolute atomic E-state index is 0.0145. The van der Waals surface area contributed by atoms with Gasteiger partial charge in [-0.05, 0) is 37.3 Å². The third kappa shape index (κ3) is 2.85. The molecule has 0 radical (unpaired) electrons. The highest BCUT2D eigenvalue weighted by molar-refractivity contribution is 5.86. The van der Waals surface area contributed by atoms with Crippen LogP contribution in [0.3, 0.4) is 0 Å². The van der Waals surface area contributed by atoms with E-state index in [0.717, 1.165) is 25.1 Å². The van der Waals surface area contributed by atoms with Crippen LogP contribution in [0.1, 0.15) is 29.8 Å². The molecule has 108 valence electrons. The first-order valence-corrected chi connectivity index (χ1v) is 6.93. The lowest BCUT2D eigenvalue weighted by Crippen LogP contribution is -2.23. The number of pyridine rings is 1. The summed E-state index contributed by atoms with van der Waals surface area (Å²) in [5, 5.41) is 18.7. The smallest absolute Gasteiger partial charge is 0.354 e. The van der Waals surface area contributed by atoms with Gasteiger partial charge in [-0.1, -0.05) is 0 Å². The van der Waals surface area contributed by atoms with Crippen molar-refractivity contribution in [2.45, 2.75) is 25.4 Å². The van der Waals surface area contributed by atoms with Crippen molar-refractivity contribution in [3.05, 3.63) is 17.8 Å². The van der Waals surface area contributed by atoms with Gasteiger partial charge in [0.25, 0.3) is 0 Å². The van der Waals surface area contributed by atoms with E-state index in [1.54, 1.807) is 6.07 Å². The molecule has 3 rings (SSSR count). The summed E-state index contributed by atoms with van der Waals surface area (Å²) in [4.78, 5) is 17.1. The summed E-state index contributed by atoms with van der Waals surface area (Å²) in [7, 11) is 0. The number of anilines is 1. The third-order valence-electron chi connectivity index (χ3n) is 3.72. The molecule has 1 saturated carbocycles. The quantitative estimate of drug-likeness (QED) is 0.840. The summed E-state index contributed by atoms with van der Waals surface area (Å²) < 4.78 is 5.70. The summed E-state index contributed by atoms with van der Waals surface area (Å²) in [6.07, 6.45) is 2.70.